The number of thiazole rings is 1. The molecular formula is C11H19N3O3S. The lowest BCUT2D eigenvalue weighted by molar-refractivity contribution is -0.138. The number of anilines is 1. The van der Waals surface area contributed by atoms with Crippen LogP contribution in [0.4, 0.5) is 5.13 Å². The molecular weight excluding hydrogens is 254 g/mol. The first kappa shape index (κ1) is 14.9. The molecule has 1 aromatic rings. The lowest BCUT2D eigenvalue weighted by Crippen LogP contribution is -2.27. The normalized spacial score (nSPS) is 12.4. The van der Waals surface area contributed by atoms with Crippen LogP contribution in [-0.4, -0.2) is 42.4 Å². The van der Waals surface area contributed by atoms with Gasteiger partial charge in [0.25, 0.3) is 0 Å². The molecule has 0 saturated heterocycles. The summed E-state index contributed by atoms with van der Waals surface area (Å²) in [6.07, 6.45) is 0. The highest BCUT2D eigenvalue weighted by Crippen LogP contribution is 2.23. The van der Waals surface area contributed by atoms with Crippen LogP contribution in [0.5, 0.6) is 0 Å². The fourth-order valence-electron chi connectivity index (χ4n) is 1.40. The van der Waals surface area contributed by atoms with Crippen molar-refractivity contribution in [2.24, 2.45) is 5.73 Å². The summed E-state index contributed by atoms with van der Waals surface area (Å²) in [7, 11) is 0. The number of nitrogens with zero attached hydrogens (tertiary/aromatic N) is 2. The zero-order valence-electron chi connectivity index (χ0n) is 10.6. The molecule has 0 bridgehead atoms. The minimum Gasteiger partial charge on any atom is -0.480 e. The summed E-state index contributed by atoms with van der Waals surface area (Å²) in [6, 6.07) is -1.06. The molecule has 6 nitrogen and oxygen atoms in total. The van der Waals surface area contributed by atoms with E-state index in [1.165, 1.54) is 11.3 Å². The van der Waals surface area contributed by atoms with Crippen molar-refractivity contribution < 1.29 is 14.6 Å². The number of aromatic nitrogens is 1. The topological polar surface area (TPSA) is 88.7 Å². The van der Waals surface area contributed by atoms with Gasteiger partial charge in [-0.25, -0.2) is 4.98 Å². The van der Waals surface area contributed by atoms with Crippen molar-refractivity contribution in [1.29, 1.82) is 0 Å². The van der Waals surface area contributed by atoms with Gasteiger partial charge in [0.15, 0.2) is 5.13 Å². The Balaban J connectivity index is 2.67. The standard InChI is InChI=1S/C11H19N3O3S/c1-3-14(5-6-17-4-2)11-13-8(7-18-11)9(12)10(15)16/h7,9H,3-6,12H2,1-2H3,(H,15,16). The molecule has 1 atom stereocenters. The minimum atomic E-state index is -1.07. The number of carboxylic acids is 1. The lowest BCUT2D eigenvalue weighted by atomic mass is 10.2. The van der Waals surface area contributed by atoms with Gasteiger partial charge in [-0.3, -0.25) is 4.79 Å². The molecule has 102 valence electrons. The molecule has 3 N–H and O–H groups in total. The molecule has 0 aliphatic carbocycles. The van der Waals surface area contributed by atoms with Gasteiger partial charge in [0, 0.05) is 25.1 Å². The van der Waals surface area contributed by atoms with E-state index in [2.05, 4.69) is 4.98 Å². The average Bonchev–Trinajstić information content (AvgIpc) is 2.83. The molecule has 0 aliphatic rings. The largest absolute Gasteiger partial charge is 0.480 e. The average molecular weight is 273 g/mol. The molecule has 0 amide bonds. The van der Waals surface area contributed by atoms with E-state index in [4.69, 9.17) is 15.6 Å². The van der Waals surface area contributed by atoms with Gasteiger partial charge >= 0.3 is 5.97 Å². The second-order valence-corrected chi connectivity index (χ2v) is 4.48. The van der Waals surface area contributed by atoms with Crippen molar-refractivity contribution in [2.45, 2.75) is 19.9 Å². The molecule has 1 heterocycles. The molecule has 0 aromatic carbocycles. The van der Waals surface area contributed by atoms with Crippen molar-refractivity contribution in [2.75, 3.05) is 31.2 Å². The summed E-state index contributed by atoms with van der Waals surface area (Å²) in [5, 5.41) is 11.3. The van der Waals surface area contributed by atoms with Crippen molar-refractivity contribution in [3.63, 3.8) is 0 Å². The molecule has 0 spiro atoms. The molecule has 1 rings (SSSR count). The van der Waals surface area contributed by atoms with Crippen molar-refractivity contribution in [3.05, 3.63) is 11.1 Å². The molecule has 0 fully saturated rings. The van der Waals surface area contributed by atoms with Crippen LogP contribution in [0.2, 0.25) is 0 Å². The third-order valence-electron chi connectivity index (χ3n) is 2.46. The second kappa shape index (κ2) is 7.30. The first-order chi connectivity index (χ1) is 8.60. The van der Waals surface area contributed by atoms with Gasteiger partial charge in [0.2, 0.25) is 0 Å². The smallest absolute Gasteiger partial charge is 0.326 e. The summed E-state index contributed by atoms with van der Waals surface area (Å²) in [5.41, 5.74) is 5.92. The monoisotopic (exact) mass is 273 g/mol. The molecule has 7 heteroatoms. The van der Waals surface area contributed by atoms with Gasteiger partial charge in [-0.15, -0.1) is 11.3 Å². The van der Waals surface area contributed by atoms with Crippen LogP contribution < -0.4 is 10.6 Å². The SMILES string of the molecule is CCOCCN(CC)c1nc(C(N)C(=O)O)cs1. The number of nitrogens with two attached hydrogens (primary N) is 1. The van der Waals surface area contributed by atoms with Gasteiger partial charge in [-0.1, -0.05) is 0 Å². The number of hydrogen-bond donors (Lipinski definition) is 2. The Labute approximate surface area is 110 Å². The van der Waals surface area contributed by atoms with E-state index in [0.717, 1.165) is 18.2 Å². The third kappa shape index (κ3) is 3.94. The van der Waals surface area contributed by atoms with E-state index < -0.39 is 12.0 Å². The van der Waals surface area contributed by atoms with Crippen molar-refractivity contribution >= 4 is 22.4 Å². The fraction of sp³-hybridized carbons (Fsp3) is 0.636. The summed E-state index contributed by atoms with van der Waals surface area (Å²) < 4.78 is 5.30. The Morgan fingerprint density at radius 2 is 2.39 bits per heavy atom. The minimum absolute atomic E-state index is 0.400. The molecule has 18 heavy (non-hydrogen) atoms. The number of carboxylic acid groups (broad SMARTS) is 1. The Kier molecular flexibility index (Phi) is 6.03. The Bertz CT molecular complexity index is 383. The van der Waals surface area contributed by atoms with Crippen LogP contribution in [0.25, 0.3) is 0 Å². The lowest BCUT2D eigenvalue weighted by Gasteiger charge is -2.19. The van der Waals surface area contributed by atoms with Gasteiger partial charge in [-0.05, 0) is 13.8 Å². The van der Waals surface area contributed by atoms with E-state index in [9.17, 15) is 4.79 Å². The Morgan fingerprint density at radius 1 is 1.67 bits per heavy atom. The summed E-state index contributed by atoms with van der Waals surface area (Å²) in [4.78, 5) is 17.1. The predicted octanol–water partition coefficient (Wildman–Crippen LogP) is 1.09. The number of hydrogen-bond acceptors (Lipinski definition) is 6. The van der Waals surface area contributed by atoms with Crippen molar-refractivity contribution in [1.82, 2.24) is 4.98 Å². The van der Waals surface area contributed by atoms with Crippen LogP contribution in [0.3, 0.4) is 0 Å². The van der Waals surface area contributed by atoms with Gasteiger partial charge in [0.1, 0.15) is 6.04 Å². The number of rotatable bonds is 8. The first-order valence-electron chi connectivity index (χ1n) is 5.86. The fourth-order valence-corrected chi connectivity index (χ4v) is 2.35. The maximum absolute atomic E-state index is 10.8. The highest BCUT2D eigenvalue weighted by molar-refractivity contribution is 7.13. The highest BCUT2D eigenvalue weighted by atomic mass is 32.1. The molecule has 0 aliphatic heterocycles. The Hall–Kier alpha value is -1.18. The number of likely N-dealkylation sites (N-methyl/N-ethyl adjacent to an activating group) is 1. The molecule has 0 radical (unpaired) electrons. The summed E-state index contributed by atoms with van der Waals surface area (Å²) in [6.45, 7) is 6.81. The zero-order valence-corrected chi connectivity index (χ0v) is 11.4. The molecule has 0 saturated carbocycles. The van der Waals surface area contributed by atoms with E-state index in [1.54, 1.807) is 5.38 Å². The van der Waals surface area contributed by atoms with Crippen LogP contribution in [0.1, 0.15) is 25.6 Å². The van der Waals surface area contributed by atoms with Gasteiger partial charge in [0.05, 0.1) is 12.3 Å². The Morgan fingerprint density at radius 3 is 2.94 bits per heavy atom. The molecule has 1 aromatic heterocycles. The maximum atomic E-state index is 10.8. The van der Waals surface area contributed by atoms with E-state index in [0.29, 0.717) is 18.9 Å². The third-order valence-corrected chi connectivity index (χ3v) is 3.38. The maximum Gasteiger partial charge on any atom is 0.326 e. The quantitative estimate of drug-likeness (QED) is 0.689. The highest BCUT2D eigenvalue weighted by Gasteiger charge is 2.19. The number of aliphatic carboxylic acids is 1. The first-order valence-corrected chi connectivity index (χ1v) is 6.74. The van der Waals surface area contributed by atoms with E-state index in [-0.39, 0.29) is 0 Å². The second-order valence-electron chi connectivity index (χ2n) is 3.65. The predicted molar refractivity (Wildman–Crippen MR) is 71.1 cm³/mol. The van der Waals surface area contributed by atoms with Gasteiger partial charge < -0.3 is 20.5 Å². The van der Waals surface area contributed by atoms with Crippen LogP contribution in [0.15, 0.2) is 5.38 Å². The van der Waals surface area contributed by atoms with Crippen LogP contribution in [0, 0.1) is 0 Å². The van der Waals surface area contributed by atoms with Crippen LogP contribution >= 0.6 is 11.3 Å². The number of ether oxygens (including phenoxy) is 1. The van der Waals surface area contributed by atoms with Crippen LogP contribution in [-0.2, 0) is 9.53 Å². The van der Waals surface area contributed by atoms with Crippen molar-refractivity contribution in [3.8, 4) is 0 Å². The summed E-state index contributed by atoms with van der Waals surface area (Å²) in [5.74, 6) is -1.07. The van der Waals surface area contributed by atoms with E-state index in [1.807, 2.05) is 18.7 Å². The zero-order chi connectivity index (χ0) is 13.5. The number of carbonyl (C=O) groups is 1. The molecule has 1 unspecified atom stereocenters. The van der Waals surface area contributed by atoms with Gasteiger partial charge in [-0.2, -0.15) is 0 Å². The van der Waals surface area contributed by atoms with E-state index >= 15 is 0 Å². The summed E-state index contributed by atoms with van der Waals surface area (Å²) >= 11 is 1.40.